The van der Waals surface area contributed by atoms with E-state index < -0.39 is 0 Å². The molecule has 1 aromatic rings. The molecular formula is C18H20N2O2. The van der Waals surface area contributed by atoms with E-state index in [0.717, 1.165) is 11.1 Å². The van der Waals surface area contributed by atoms with Crippen LogP contribution in [0.5, 0.6) is 0 Å². The van der Waals surface area contributed by atoms with Crippen LogP contribution >= 0.6 is 0 Å². The number of likely N-dealkylation sites (N-methyl/N-ethyl adjacent to an activating group) is 2. The summed E-state index contributed by atoms with van der Waals surface area (Å²) in [6, 6.07) is 7.76. The second kappa shape index (κ2) is 5.79. The zero-order chi connectivity index (χ0) is 15.7. The highest BCUT2D eigenvalue weighted by Gasteiger charge is 2.31. The first kappa shape index (κ1) is 14.6. The molecule has 0 aliphatic carbocycles. The molecule has 1 aromatic carbocycles. The van der Waals surface area contributed by atoms with Crippen LogP contribution in [0.25, 0.3) is 0 Å². The van der Waals surface area contributed by atoms with Gasteiger partial charge in [-0.25, -0.2) is 0 Å². The van der Waals surface area contributed by atoms with Crippen LogP contribution in [0.15, 0.2) is 48.6 Å². The third-order valence-electron chi connectivity index (χ3n) is 4.37. The molecule has 0 radical (unpaired) electrons. The van der Waals surface area contributed by atoms with E-state index in [9.17, 15) is 9.59 Å². The van der Waals surface area contributed by atoms with Gasteiger partial charge in [-0.15, -0.1) is 0 Å². The highest BCUT2D eigenvalue weighted by Crippen LogP contribution is 2.32. The minimum absolute atomic E-state index is 0.0792. The maximum atomic E-state index is 12.5. The summed E-state index contributed by atoms with van der Waals surface area (Å²) in [4.78, 5) is 28.4. The number of carbonyl (C=O) groups is 2. The Morgan fingerprint density at radius 3 is 1.64 bits per heavy atom. The molecule has 0 saturated heterocycles. The van der Waals surface area contributed by atoms with Crippen LogP contribution in [0, 0.1) is 0 Å². The maximum absolute atomic E-state index is 12.5. The van der Waals surface area contributed by atoms with Gasteiger partial charge in [-0.05, 0) is 11.1 Å². The van der Waals surface area contributed by atoms with Crippen molar-refractivity contribution in [3.8, 4) is 0 Å². The Balaban J connectivity index is 2.04. The van der Waals surface area contributed by atoms with Crippen molar-refractivity contribution in [3.63, 3.8) is 0 Å². The van der Waals surface area contributed by atoms with Gasteiger partial charge in [0, 0.05) is 27.2 Å². The fourth-order valence-corrected chi connectivity index (χ4v) is 3.08. The van der Waals surface area contributed by atoms with E-state index in [-0.39, 0.29) is 23.7 Å². The van der Waals surface area contributed by atoms with Crippen LogP contribution in [-0.4, -0.2) is 48.8 Å². The molecule has 2 heterocycles. The van der Waals surface area contributed by atoms with Gasteiger partial charge >= 0.3 is 0 Å². The number of hydrogen-bond donors (Lipinski definition) is 0. The summed E-state index contributed by atoms with van der Waals surface area (Å²) in [5.41, 5.74) is 1.85. The topological polar surface area (TPSA) is 40.6 Å². The number of benzene rings is 1. The molecule has 2 atom stereocenters. The van der Waals surface area contributed by atoms with Gasteiger partial charge in [0.1, 0.15) is 0 Å². The van der Waals surface area contributed by atoms with Crippen LogP contribution < -0.4 is 0 Å². The first-order chi connectivity index (χ1) is 10.6. The molecule has 2 amide bonds. The summed E-state index contributed by atoms with van der Waals surface area (Å²) in [7, 11) is 3.61. The average molecular weight is 296 g/mol. The third kappa shape index (κ3) is 2.45. The minimum atomic E-state index is -0.302. The zero-order valence-electron chi connectivity index (χ0n) is 12.9. The lowest BCUT2D eigenvalue weighted by Crippen LogP contribution is -2.36. The lowest BCUT2D eigenvalue weighted by molar-refractivity contribution is -0.131. The van der Waals surface area contributed by atoms with Crippen molar-refractivity contribution in [1.29, 1.82) is 0 Å². The molecule has 0 saturated carbocycles. The molecule has 114 valence electrons. The van der Waals surface area contributed by atoms with Crippen LogP contribution in [0.4, 0.5) is 0 Å². The van der Waals surface area contributed by atoms with Crippen LogP contribution in [0.1, 0.15) is 23.0 Å². The van der Waals surface area contributed by atoms with Crippen LogP contribution in [-0.2, 0) is 9.59 Å². The molecule has 0 N–H and O–H groups in total. The molecule has 0 spiro atoms. The monoisotopic (exact) mass is 296 g/mol. The molecule has 0 unspecified atom stereocenters. The standard InChI is InChI=1S/C18H20N2O2/c1-19-11-5-9-15(17(19)21)13-7-3-4-8-14(13)16-10-6-12-20(2)18(16)22/h3-10,15-16H,11-12H2,1-2H3/t15-,16-/m1/s1. The Hall–Kier alpha value is -2.36. The SMILES string of the molecule is CN1CC=C[C@H](c2ccccc2[C@H]2C=CCN(C)C2=O)C1=O. The normalized spacial score (nSPS) is 25.0. The van der Waals surface area contributed by atoms with Crippen molar-refractivity contribution in [2.75, 3.05) is 27.2 Å². The quantitative estimate of drug-likeness (QED) is 0.782. The van der Waals surface area contributed by atoms with Gasteiger partial charge in [-0.3, -0.25) is 9.59 Å². The Morgan fingerprint density at radius 1 is 0.818 bits per heavy atom. The smallest absolute Gasteiger partial charge is 0.233 e. The number of rotatable bonds is 2. The first-order valence-corrected chi connectivity index (χ1v) is 7.51. The van der Waals surface area contributed by atoms with E-state index in [1.54, 1.807) is 23.9 Å². The summed E-state index contributed by atoms with van der Waals surface area (Å²) in [5, 5.41) is 0. The van der Waals surface area contributed by atoms with E-state index in [1.807, 2.05) is 48.6 Å². The van der Waals surface area contributed by atoms with Crippen LogP contribution in [0.3, 0.4) is 0 Å². The largest absolute Gasteiger partial charge is 0.341 e. The van der Waals surface area contributed by atoms with Crippen LogP contribution in [0.2, 0.25) is 0 Å². The van der Waals surface area contributed by atoms with E-state index in [0.29, 0.717) is 13.1 Å². The second-order valence-corrected chi connectivity index (χ2v) is 5.88. The highest BCUT2D eigenvalue weighted by molar-refractivity contribution is 5.90. The molecule has 4 nitrogen and oxygen atoms in total. The minimum Gasteiger partial charge on any atom is -0.341 e. The summed E-state index contributed by atoms with van der Waals surface area (Å²) in [6.07, 6.45) is 7.91. The lowest BCUT2D eigenvalue weighted by atomic mass is 9.84. The van der Waals surface area contributed by atoms with Crippen molar-refractivity contribution in [1.82, 2.24) is 9.80 Å². The highest BCUT2D eigenvalue weighted by atomic mass is 16.2. The molecular weight excluding hydrogens is 276 g/mol. The number of nitrogens with zero attached hydrogens (tertiary/aromatic N) is 2. The third-order valence-corrected chi connectivity index (χ3v) is 4.37. The Labute approximate surface area is 130 Å². The molecule has 0 bridgehead atoms. The summed E-state index contributed by atoms with van der Waals surface area (Å²) in [5.74, 6) is -0.446. The van der Waals surface area contributed by atoms with E-state index >= 15 is 0 Å². The summed E-state index contributed by atoms with van der Waals surface area (Å²) < 4.78 is 0. The van der Waals surface area contributed by atoms with Gasteiger partial charge in [0.25, 0.3) is 0 Å². The van der Waals surface area contributed by atoms with E-state index in [4.69, 9.17) is 0 Å². The lowest BCUT2D eigenvalue weighted by Gasteiger charge is -2.30. The first-order valence-electron chi connectivity index (χ1n) is 7.51. The summed E-state index contributed by atoms with van der Waals surface area (Å²) >= 11 is 0. The summed E-state index contributed by atoms with van der Waals surface area (Å²) in [6.45, 7) is 1.28. The van der Waals surface area contributed by atoms with Gasteiger partial charge in [0.15, 0.2) is 0 Å². The predicted molar refractivity (Wildman–Crippen MR) is 85.5 cm³/mol. The molecule has 0 fully saturated rings. The van der Waals surface area contributed by atoms with E-state index in [1.165, 1.54) is 0 Å². The molecule has 22 heavy (non-hydrogen) atoms. The van der Waals surface area contributed by atoms with Gasteiger partial charge in [0.05, 0.1) is 11.8 Å². The molecule has 2 aliphatic heterocycles. The van der Waals surface area contributed by atoms with Gasteiger partial charge in [0.2, 0.25) is 11.8 Å². The Morgan fingerprint density at radius 2 is 1.23 bits per heavy atom. The molecule has 4 heteroatoms. The number of carbonyl (C=O) groups excluding carboxylic acids is 2. The number of amides is 2. The molecule has 2 aliphatic rings. The van der Waals surface area contributed by atoms with Crippen molar-refractivity contribution in [2.24, 2.45) is 0 Å². The number of hydrogen-bond acceptors (Lipinski definition) is 2. The Bertz CT molecular complexity index is 606. The van der Waals surface area contributed by atoms with Crippen molar-refractivity contribution >= 4 is 11.8 Å². The molecule has 0 aromatic heterocycles. The Kier molecular flexibility index (Phi) is 3.84. The van der Waals surface area contributed by atoms with E-state index in [2.05, 4.69) is 0 Å². The fourth-order valence-electron chi connectivity index (χ4n) is 3.08. The average Bonchev–Trinajstić information content (AvgIpc) is 2.53. The molecule has 3 rings (SSSR count). The zero-order valence-corrected chi connectivity index (χ0v) is 12.9. The second-order valence-electron chi connectivity index (χ2n) is 5.88. The predicted octanol–water partition coefficient (Wildman–Crippen LogP) is 1.91. The van der Waals surface area contributed by atoms with Crippen molar-refractivity contribution in [2.45, 2.75) is 11.8 Å². The fraction of sp³-hybridized carbons (Fsp3) is 0.333. The van der Waals surface area contributed by atoms with Crippen molar-refractivity contribution < 1.29 is 9.59 Å². The van der Waals surface area contributed by atoms with Gasteiger partial charge in [-0.2, -0.15) is 0 Å². The van der Waals surface area contributed by atoms with Crippen molar-refractivity contribution in [3.05, 3.63) is 59.7 Å². The maximum Gasteiger partial charge on any atom is 0.233 e. The van der Waals surface area contributed by atoms with Gasteiger partial charge < -0.3 is 9.80 Å². The van der Waals surface area contributed by atoms with Gasteiger partial charge in [-0.1, -0.05) is 48.6 Å².